The summed E-state index contributed by atoms with van der Waals surface area (Å²) in [7, 11) is 1.50. The first kappa shape index (κ1) is 13.2. The van der Waals surface area contributed by atoms with Crippen molar-refractivity contribution in [1.29, 1.82) is 0 Å². The highest BCUT2D eigenvalue weighted by atomic mass is 16.5. The summed E-state index contributed by atoms with van der Waals surface area (Å²) in [6, 6.07) is 12.3. The number of para-hydroxylation sites is 1. The second-order valence-corrected chi connectivity index (χ2v) is 4.79. The van der Waals surface area contributed by atoms with Crippen molar-refractivity contribution < 1.29 is 4.74 Å². The summed E-state index contributed by atoms with van der Waals surface area (Å²) >= 11 is 0. The Labute approximate surface area is 120 Å². The monoisotopic (exact) mass is 282 g/mol. The minimum Gasteiger partial charge on any atom is -0.495 e. The van der Waals surface area contributed by atoms with Crippen LogP contribution < -0.4 is 16.0 Å². The van der Waals surface area contributed by atoms with Gasteiger partial charge < -0.3 is 9.72 Å². The molecule has 5 nitrogen and oxygen atoms in total. The van der Waals surface area contributed by atoms with E-state index in [2.05, 4.69) is 4.98 Å². The van der Waals surface area contributed by atoms with E-state index in [1.807, 2.05) is 19.1 Å². The molecule has 0 spiro atoms. The number of rotatable bonds is 2. The molecule has 106 valence electrons. The van der Waals surface area contributed by atoms with E-state index < -0.39 is 5.69 Å². The van der Waals surface area contributed by atoms with Gasteiger partial charge in [0.1, 0.15) is 5.75 Å². The fourth-order valence-corrected chi connectivity index (χ4v) is 2.39. The molecule has 3 aromatic rings. The first-order valence-electron chi connectivity index (χ1n) is 6.51. The SMILES string of the molecule is COc1cccc2c(=O)n(-c3cccc(C)c3)c(=O)[nH]c12. The number of hydrogen-bond donors (Lipinski definition) is 1. The molecule has 0 atom stereocenters. The lowest BCUT2D eigenvalue weighted by Crippen LogP contribution is -2.33. The maximum Gasteiger partial charge on any atom is 0.333 e. The van der Waals surface area contributed by atoms with E-state index in [4.69, 9.17) is 4.74 Å². The standard InChI is InChI=1S/C16H14N2O3/c1-10-5-3-6-11(9-10)18-15(19)12-7-4-8-13(21-2)14(12)17-16(18)20/h3-9H,1-2H3,(H,17,20). The van der Waals surface area contributed by atoms with Crippen LogP contribution in [0.2, 0.25) is 0 Å². The van der Waals surface area contributed by atoms with Gasteiger partial charge in [0.2, 0.25) is 0 Å². The smallest absolute Gasteiger partial charge is 0.333 e. The maximum atomic E-state index is 12.6. The third kappa shape index (κ3) is 2.12. The molecule has 2 aromatic carbocycles. The number of benzene rings is 2. The minimum atomic E-state index is -0.484. The molecule has 0 saturated heterocycles. The van der Waals surface area contributed by atoms with Crippen molar-refractivity contribution in [2.24, 2.45) is 0 Å². The first-order valence-corrected chi connectivity index (χ1v) is 6.51. The van der Waals surface area contributed by atoms with Crippen molar-refractivity contribution in [2.75, 3.05) is 7.11 Å². The number of aromatic nitrogens is 2. The van der Waals surface area contributed by atoms with Crippen molar-refractivity contribution in [1.82, 2.24) is 9.55 Å². The van der Waals surface area contributed by atoms with Gasteiger partial charge in [-0.1, -0.05) is 18.2 Å². The molecule has 21 heavy (non-hydrogen) atoms. The molecule has 0 aliphatic rings. The van der Waals surface area contributed by atoms with Gasteiger partial charge in [-0.25, -0.2) is 9.36 Å². The molecule has 0 radical (unpaired) electrons. The van der Waals surface area contributed by atoms with Crippen LogP contribution in [0, 0.1) is 6.92 Å². The van der Waals surface area contributed by atoms with E-state index in [0.29, 0.717) is 22.3 Å². The Kier molecular flexibility index (Phi) is 3.10. The van der Waals surface area contributed by atoms with Crippen LogP contribution >= 0.6 is 0 Å². The van der Waals surface area contributed by atoms with Crippen molar-refractivity contribution in [3.63, 3.8) is 0 Å². The van der Waals surface area contributed by atoms with Gasteiger partial charge in [0.15, 0.2) is 0 Å². The van der Waals surface area contributed by atoms with Crippen LogP contribution in [0.15, 0.2) is 52.1 Å². The Morgan fingerprint density at radius 1 is 1.10 bits per heavy atom. The van der Waals surface area contributed by atoms with Crippen LogP contribution in [0.25, 0.3) is 16.6 Å². The summed E-state index contributed by atoms with van der Waals surface area (Å²) in [5.41, 5.74) is 1.09. The Balaban J connectivity index is 2.41. The average molecular weight is 282 g/mol. The number of methoxy groups -OCH3 is 1. The number of aromatic amines is 1. The number of nitrogens with one attached hydrogen (secondary N) is 1. The summed E-state index contributed by atoms with van der Waals surface area (Å²) in [6.45, 7) is 1.91. The molecular formula is C16H14N2O3. The summed E-state index contributed by atoms with van der Waals surface area (Å²) in [6.07, 6.45) is 0. The zero-order valence-electron chi connectivity index (χ0n) is 11.7. The van der Waals surface area contributed by atoms with Crippen LogP contribution in [0.3, 0.4) is 0 Å². The van der Waals surface area contributed by atoms with E-state index >= 15 is 0 Å². The van der Waals surface area contributed by atoms with Crippen LogP contribution in [-0.4, -0.2) is 16.7 Å². The summed E-state index contributed by atoms with van der Waals surface area (Å²) in [4.78, 5) is 27.6. The van der Waals surface area contributed by atoms with Gasteiger partial charge in [-0.3, -0.25) is 4.79 Å². The fourth-order valence-electron chi connectivity index (χ4n) is 2.39. The summed E-state index contributed by atoms with van der Waals surface area (Å²) < 4.78 is 6.32. The van der Waals surface area contributed by atoms with Gasteiger partial charge in [-0.15, -0.1) is 0 Å². The van der Waals surface area contributed by atoms with Crippen molar-refractivity contribution >= 4 is 10.9 Å². The highest BCUT2D eigenvalue weighted by molar-refractivity contribution is 5.83. The molecule has 1 heterocycles. The predicted molar refractivity (Wildman–Crippen MR) is 81.5 cm³/mol. The van der Waals surface area contributed by atoms with Gasteiger partial charge in [-0.2, -0.15) is 0 Å². The quantitative estimate of drug-likeness (QED) is 0.782. The molecule has 0 aliphatic heterocycles. The predicted octanol–water partition coefficient (Wildman–Crippen LogP) is 2.00. The Morgan fingerprint density at radius 2 is 1.86 bits per heavy atom. The lowest BCUT2D eigenvalue weighted by molar-refractivity contribution is 0.418. The third-order valence-corrected chi connectivity index (χ3v) is 3.37. The molecular weight excluding hydrogens is 268 g/mol. The van der Waals surface area contributed by atoms with Crippen LogP contribution in [0.4, 0.5) is 0 Å². The number of hydrogen-bond acceptors (Lipinski definition) is 3. The second-order valence-electron chi connectivity index (χ2n) is 4.79. The number of fused-ring (bicyclic) bond motifs is 1. The molecule has 5 heteroatoms. The molecule has 3 rings (SSSR count). The minimum absolute atomic E-state index is 0.363. The molecule has 0 amide bonds. The zero-order valence-corrected chi connectivity index (χ0v) is 11.7. The lowest BCUT2D eigenvalue weighted by Gasteiger charge is -2.09. The third-order valence-electron chi connectivity index (χ3n) is 3.37. The Morgan fingerprint density at radius 3 is 2.57 bits per heavy atom. The average Bonchev–Trinajstić information content (AvgIpc) is 2.47. The van der Waals surface area contributed by atoms with Crippen LogP contribution in [-0.2, 0) is 0 Å². The van der Waals surface area contributed by atoms with E-state index in [1.165, 1.54) is 7.11 Å². The highest BCUT2D eigenvalue weighted by Gasteiger charge is 2.12. The molecule has 0 fully saturated rings. The largest absolute Gasteiger partial charge is 0.495 e. The number of nitrogens with zero attached hydrogens (tertiary/aromatic N) is 1. The highest BCUT2D eigenvalue weighted by Crippen LogP contribution is 2.19. The van der Waals surface area contributed by atoms with E-state index in [-0.39, 0.29) is 5.56 Å². The molecule has 0 aliphatic carbocycles. The van der Waals surface area contributed by atoms with E-state index in [9.17, 15) is 9.59 Å². The topological polar surface area (TPSA) is 64.1 Å². The van der Waals surface area contributed by atoms with Crippen LogP contribution in [0.1, 0.15) is 5.56 Å². The summed E-state index contributed by atoms with van der Waals surface area (Å²) in [5, 5.41) is 0.412. The fraction of sp³-hybridized carbons (Fsp3) is 0.125. The van der Waals surface area contributed by atoms with Crippen molar-refractivity contribution in [3.05, 3.63) is 68.9 Å². The molecule has 1 N–H and O–H groups in total. The summed E-state index contributed by atoms with van der Waals surface area (Å²) in [5.74, 6) is 0.470. The Hall–Kier alpha value is -2.82. The Bertz CT molecular complexity index is 938. The maximum absolute atomic E-state index is 12.6. The number of H-pyrrole nitrogens is 1. The lowest BCUT2D eigenvalue weighted by atomic mass is 10.2. The van der Waals surface area contributed by atoms with Crippen LogP contribution in [0.5, 0.6) is 5.75 Å². The van der Waals surface area contributed by atoms with Crippen molar-refractivity contribution in [2.45, 2.75) is 6.92 Å². The normalized spacial score (nSPS) is 10.8. The first-order chi connectivity index (χ1) is 10.1. The van der Waals surface area contributed by atoms with Gasteiger partial charge in [0, 0.05) is 0 Å². The molecule has 0 saturated carbocycles. The van der Waals surface area contributed by atoms with E-state index in [0.717, 1.165) is 10.1 Å². The van der Waals surface area contributed by atoms with Gasteiger partial charge >= 0.3 is 5.69 Å². The van der Waals surface area contributed by atoms with Gasteiger partial charge in [-0.05, 0) is 36.8 Å². The second kappa shape index (κ2) is 4.94. The molecule has 0 bridgehead atoms. The van der Waals surface area contributed by atoms with E-state index in [1.54, 1.807) is 30.3 Å². The number of ether oxygens (including phenoxy) is 1. The molecule has 0 unspecified atom stereocenters. The van der Waals surface area contributed by atoms with Crippen molar-refractivity contribution in [3.8, 4) is 11.4 Å². The van der Waals surface area contributed by atoms with Gasteiger partial charge in [0.25, 0.3) is 5.56 Å². The van der Waals surface area contributed by atoms with Gasteiger partial charge in [0.05, 0.1) is 23.7 Å². The zero-order chi connectivity index (χ0) is 15.0. The number of aryl methyl sites for hydroxylation is 1. The molecule has 1 aromatic heterocycles.